The summed E-state index contributed by atoms with van der Waals surface area (Å²) >= 11 is 0. The van der Waals surface area contributed by atoms with Gasteiger partial charge in [-0.15, -0.1) is 12.3 Å². The average Bonchev–Trinajstić information content (AvgIpc) is 2.44. The van der Waals surface area contributed by atoms with Gasteiger partial charge in [0.25, 0.3) is 0 Å². The monoisotopic (exact) mass is 151 g/mol. The van der Waals surface area contributed by atoms with Crippen LogP contribution in [0, 0.1) is 12.3 Å². The first-order chi connectivity index (χ1) is 4.97. The number of hydrogen-bond acceptors (Lipinski definition) is 1. The Morgan fingerprint density at radius 2 is 2.00 bits per heavy atom. The van der Waals surface area contributed by atoms with Crippen LogP contribution in [0.25, 0.3) is 0 Å². The lowest BCUT2D eigenvalue weighted by molar-refractivity contribution is 0.347. The molecular weight excluding hydrogens is 134 g/mol. The Morgan fingerprint density at radius 1 is 1.45 bits per heavy atom. The van der Waals surface area contributed by atoms with Crippen LogP contribution >= 0.6 is 0 Å². The van der Waals surface area contributed by atoms with Crippen molar-refractivity contribution < 1.29 is 0 Å². The number of nitrogens with one attached hydrogen (secondary N) is 1. The van der Waals surface area contributed by atoms with Crippen LogP contribution in [-0.2, 0) is 0 Å². The lowest BCUT2D eigenvalue weighted by Crippen LogP contribution is -2.45. The first-order valence-corrected chi connectivity index (χ1v) is 4.20. The van der Waals surface area contributed by atoms with E-state index in [0.717, 1.165) is 6.42 Å². The minimum atomic E-state index is 0.202. The molecule has 0 unspecified atom stereocenters. The van der Waals surface area contributed by atoms with E-state index >= 15 is 0 Å². The van der Waals surface area contributed by atoms with E-state index in [1.165, 1.54) is 12.8 Å². The van der Waals surface area contributed by atoms with E-state index in [0.29, 0.717) is 5.54 Å². The van der Waals surface area contributed by atoms with E-state index in [1.54, 1.807) is 0 Å². The second kappa shape index (κ2) is 2.53. The van der Waals surface area contributed by atoms with Crippen molar-refractivity contribution in [2.75, 3.05) is 0 Å². The standard InChI is InChI=1S/C10H17N/c1-5-6-10(7-8-10)11-9(2,3)4/h1,11H,6-8H2,2-4H3. The first-order valence-electron chi connectivity index (χ1n) is 4.20. The first kappa shape index (κ1) is 8.62. The highest BCUT2D eigenvalue weighted by Crippen LogP contribution is 2.39. The fourth-order valence-corrected chi connectivity index (χ4v) is 1.49. The Bertz CT molecular complexity index is 176. The van der Waals surface area contributed by atoms with Crippen LogP contribution in [0.5, 0.6) is 0 Å². The molecule has 0 amide bonds. The van der Waals surface area contributed by atoms with Crippen LogP contribution in [-0.4, -0.2) is 11.1 Å². The van der Waals surface area contributed by atoms with Gasteiger partial charge in [0.05, 0.1) is 0 Å². The summed E-state index contributed by atoms with van der Waals surface area (Å²) in [5.41, 5.74) is 0.500. The van der Waals surface area contributed by atoms with Gasteiger partial charge in [0.1, 0.15) is 0 Å². The van der Waals surface area contributed by atoms with E-state index in [-0.39, 0.29) is 5.54 Å². The van der Waals surface area contributed by atoms with Crippen molar-refractivity contribution in [2.24, 2.45) is 0 Å². The average molecular weight is 151 g/mol. The van der Waals surface area contributed by atoms with E-state index < -0.39 is 0 Å². The smallest absolute Gasteiger partial charge is 0.0296 e. The zero-order valence-corrected chi connectivity index (χ0v) is 7.70. The molecule has 0 spiro atoms. The highest BCUT2D eigenvalue weighted by Gasteiger charge is 2.43. The third kappa shape index (κ3) is 2.55. The maximum Gasteiger partial charge on any atom is 0.0296 e. The Hall–Kier alpha value is -0.480. The lowest BCUT2D eigenvalue weighted by Gasteiger charge is -2.27. The Balaban J connectivity index is 2.43. The molecule has 62 valence electrons. The molecule has 0 atom stereocenters. The van der Waals surface area contributed by atoms with E-state index in [2.05, 4.69) is 32.0 Å². The minimum absolute atomic E-state index is 0.202. The summed E-state index contributed by atoms with van der Waals surface area (Å²) in [4.78, 5) is 0. The SMILES string of the molecule is C#CCC1(NC(C)(C)C)CC1. The highest BCUT2D eigenvalue weighted by atomic mass is 15.1. The maximum atomic E-state index is 5.28. The predicted octanol–water partition coefficient (Wildman–Crippen LogP) is 1.93. The summed E-state index contributed by atoms with van der Waals surface area (Å²) in [5, 5.41) is 3.57. The minimum Gasteiger partial charge on any atom is -0.306 e. The summed E-state index contributed by atoms with van der Waals surface area (Å²) in [5.74, 6) is 2.73. The Morgan fingerprint density at radius 3 is 2.27 bits per heavy atom. The van der Waals surface area contributed by atoms with E-state index in [1.807, 2.05) is 0 Å². The van der Waals surface area contributed by atoms with E-state index in [9.17, 15) is 0 Å². The van der Waals surface area contributed by atoms with Gasteiger partial charge in [-0.05, 0) is 33.6 Å². The molecular formula is C10H17N. The second-order valence-corrected chi connectivity index (χ2v) is 4.54. The van der Waals surface area contributed by atoms with Crippen molar-refractivity contribution in [3.63, 3.8) is 0 Å². The molecule has 0 aromatic carbocycles. The van der Waals surface area contributed by atoms with Gasteiger partial charge in [0.2, 0.25) is 0 Å². The Labute approximate surface area is 69.6 Å². The molecule has 0 saturated heterocycles. The number of terminal acetylenes is 1. The van der Waals surface area contributed by atoms with Crippen molar-refractivity contribution in [3.8, 4) is 12.3 Å². The molecule has 1 aliphatic rings. The molecule has 1 nitrogen and oxygen atoms in total. The quantitative estimate of drug-likeness (QED) is 0.595. The normalized spacial score (nSPS) is 20.9. The summed E-state index contributed by atoms with van der Waals surface area (Å²) in [6.07, 6.45) is 8.65. The molecule has 0 aliphatic heterocycles. The topological polar surface area (TPSA) is 12.0 Å². The van der Waals surface area contributed by atoms with Gasteiger partial charge in [-0.1, -0.05) is 0 Å². The third-order valence-electron chi connectivity index (χ3n) is 1.93. The van der Waals surface area contributed by atoms with Gasteiger partial charge >= 0.3 is 0 Å². The molecule has 1 aliphatic carbocycles. The molecule has 1 N–H and O–H groups in total. The molecule has 1 heteroatoms. The van der Waals surface area contributed by atoms with Crippen molar-refractivity contribution in [3.05, 3.63) is 0 Å². The van der Waals surface area contributed by atoms with E-state index in [4.69, 9.17) is 6.42 Å². The van der Waals surface area contributed by atoms with Gasteiger partial charge in [0, 0.05) is 17.5 Å². The van der Waals surface area contributed by atoms with Gasteiger partial charge < -0.3 is 5.32 Å². The van der Waals surface area contributed by atoms with Crippen LogP contribution in [0.15, 0.2) is 0 Å². The molecule has 0 heterocycles. The maximum absolute atomic E-state index is 5.28. The fourth-order valence-electron chi connectivity index (χ4n) is 1.49. The van der Waals surface area contributed by atoms with Crippen molar-refractivity contribution >= 4 is 0 Å². The zero-order valence-electron chi connectivity index (χ0n) is 7.70. The van der Waals surface area contributed by atoms with Crippen LogP contribution < -0.4 is 5.32 Å². The molecule has 1 saturated carbocycles. The van der Waals surface area contributed by atoms with Crippen LogP contribution in [0.4, 0.5) is 0 Å². The summed E-state index contributed by atoms with van der Waals surface area (Å²) in [7, 11) is 0. The van der Waals surface area contributed by atoms with Gasteiger partial charge in [-0.2, -0.15) is 0 Å². The third-order valence-corrected chi connectivity index (χ3v) is 1.93. The number of rotatable bonds is 2. The molecule has 11 heavy (non-hydrogen) atoms. The second-order valence-electron chi connectivity index (χ2n) is 4.54. The summed E-state index contributed by atoms with van der Waals surface area (Å²) in [6, 6.07) is 0. The highest BCUT2D eigenvalue weighted by molar-refractivity contribution is 5.11. The largest absolute Gasteiger partial charge is 0.306 e. The van der Waals surface area contributed by atoms with Crippen LogP contribution in [0.2, 0.25) is 0 Å². The van der Waals surface area contributed by atoms with Gasteiger partial charge in [-0.25, -0.2) is 0 Å². The van der Waals surface area contributed by atoms with Gasteiger partial charge in [0.15, 0.2) is 0 Å². The van der Waals surface area contributed by atoms with Crippen LogP contribution in [0.3, 0.4) is 0 Å². The molecule has 0 aromatic heterocycles. The fraction of sp³-hybridized carbons (Fsp3) is 0.800. The number of hydrogen-bond donors (Lipinski definition) is 1. The molecule has 1 fully saturated rings. The van der Waals surface area contributed by atoms with Crippen molar-refractivity contribution in [1.29, 1.82) is 0 Å². The Kier molecular flexibility index (Phi) is 1.98. The van der Waals surface area contributed by atoms with Gasteiger partial charge in [-0.3, -0.25) is 0 Å². The molecule has 0 bridgehead atoms. The van der Waals surface area contributed by atoms with Crippen LogP contribution in [0.1, 0.15) is 40.0 Å². The summed E-state index contributed by atoms with van der Waals surface area (Å²) in [6.45, 7) is 6.55. The van der Waals surface area contributed by atoms with Crippen molar-refractivity contribution in [2.45, 2.75) is 51.1 Å². The predicted molar refractivity (Wildman–Crippen MR) is 48.3 cm³/mol. The van der Waals surface area contributed by atoms with Crippen molar-refractivity contribution in [1.82, 2.24) is 5.32 Å². The summed E-state index contributed by atoms with van der Waals surface area (Å²) < 4.78 is 0. The molecule has 0 aromatic rings. The lowest BCUT2D eigenvalue weighted by atomic mass is 10.0. The molecule has 1 rings (SSSR count). The molecule has 0 radical (unpaired) electrons. The zero-order chi connectivity index (χ0) is 8.54.